The van der Waals surface area contributed by atoms with E-state index in [1.165, 1.54) is 12.1 Å². The zero-order chi connectivity index (χ0) is 15.7. The second-order valence-corrected chi connectivity index (χ2v) is 4.14. The number of carboxylic acid groups (broad SMARTS) is 1. The van der Waals surface area contributed by atoms with Crippen molar-refractivity contribution in [3.8, 4) is 5.69 Å². The molecule has 1 aromatic heterocycles. The van der Waals surface area contributed by atoms with Gasteiger partial charge in [-0.2, -0.15) is 5.10 Å². The summed E-state index contributed by atoms with van der Waals surface area (Å²) in [6.07, 6.45) is 0.762. The number of rotatable bonds is 4. The minimum absolute atomic E-state index is 0.0986. The number of aromatic nitrogens is 2. The molecule has 10 nitrogen and oxygen atoms in total. The highest BCUT2D eigenvalue weighted by Gasteiger charge is 2.28. The first-order valence-corrected chi connectivity index (χ1v) is 5.61. The molecule has 0 aliphatic rings. The van der Waals surface area contributed by atoms with Crippen molar-refractivity contribution in [3.63, 3.8) is 0 Å². The molecule has 1 heterocycles. The molecule has 2 rings (SSSR count). The highest BCUT2D eigenvalue weighted by atomic mass is 35.5. The van der Waals surface area contributed by atoms with Crippen LogP contribution in [-0.2, 0) is 0 Å². The van der Waals surface area contributed by atoms with Crippen LogP contribution in [0.25, 0.3) is 5.69 Å². The predicted molar refractivity (Wildman–Crippen MR) is 68.8 cm³/mol. The van der Waals surface area contributed by atoms with Crippen LogP contribution >= 0.6 is 11.6 Å². The Hall–Kier alpha value is -3.01. The monoisotopic (exact) mass is 312 g/mol. The van der Waals surface area contributed by atoms with Gasteiger partial charge in [-0.3, -0.25) is 20.2 Å². The van der Waals surface area contributed by atoms with Crippen molar-refractivity contribution in [2.75, 3.05) is 0 Å². The number of nitrogens with zero attached hydrogens (tertiary/aromatic N) is 4. The van der Waals surface area contributed by atoms with Crippen LogP contribution in [-0.4, -0.2) is 30.7 Å². The van der Waals surface area contributed by atoms with Gasteiger partial charge in [0.15, 0.2) is 5.69 Å². The highest BCUT2D eigenvalue weighted by Crippen LogP contribution is 2.31. The average Bonchev–Trinajstić information content (AvgIpc) is 2.83. The summed E-state index contributed by atoms with van der Waals surface area (Å²) in [6, 6.07) is 3.76. The van der Waals surface area contributed by atoms with Gasteiger partial charge in [0.1, 0.15) is 6.20 Å². The van der Waals surface area contributed by atoms with E-state index in [-0.39, 0.29) is 10.7 Å². The SMILES string of the molecule is O=C(O)c1nn(-c2c(Cl)cccc2[N+](=O)[O-])cc1[N+](=O)[O-]. The lowest BCUT2D eigenvalue weighted by atomic mass is 10.2. The normalized spacial score (nSPS) is 10.3. The molecule has 0 aliphatic carbocycles. The van der Waals surface area contributed by atoms with Gasteiger partial charge in [0.05, 0.1) is 14.9 Å². The number of hydrogen-bond acceptors (Lipinski definition) is 6. The molecule has 0 bridgehead atoms. The van der Waals surface area contributed by atoms with E-state index in [1.807, 2.05) is 0 Å². The van der Waals surface area contributed by atoms with Crippen LogP contribution in [0.3, 0.4) is 0 Å². The van der Waals surface area contributed by atoms with Gasteiger partial charge >= 0.3 is 11.7 Å². The van der Waals surface area contributed by atoms with Crippen molar-refractivity contribution in [1.82, 2.24) is 9.78 Å². The third kappa shape index (κ3) is 2.51. The summed E-state index contributed by atoms with van der Waals surface area (Å²) in [4.78, 5) is 31.0. The molecular formula is C10H5ClN4O6. The van der Waals surface area contributed by atoms with Gasteiger partial charge in [0, 0.05) is 6.07 Å². The Morgan fingerprint density at radius 3 is 2.33 bits per heavy atom. The number of nitro benzene ring substituents is 1. The van der Waals surface area contributed by atoms with Gasteiger partial charge in [0.2, 0.25) is 5.69 Å². The minimum atomic E-state index is -1.63. The Morgan fingerprint density at radius 1 is 1.24 bits per heavy atom. The maximum Gasteiger partial charge on any atom is 0.363 e. The largest absolute Gasteiger partial charge is 0.476 e. The van der Waals surface area contributed by atoms with E-state index < -0.39 is 32.9 Å². The standard InChI is InChI=1S/C10H5ClN4O6/c11-5-2-1-3-6(14(18)19)9(5)13-4-7(15(20)21)8(12-13)10(16)17/h1-4H,(H,16,17). The molecule has 21 heavy (non-hydrogen) atoms. The lowest BCUT2D eigenvalue weighted by Crippen LogP contribution is -2.04. The second-order valence-electron chi connectivity index (χ2n) is 3.73. The Labute approximate surface area is 120 Å². The summed E-state index contributed by atoms with van der Waals surface area (Å²) in [5.41, 5.74) is -2.34. The molecule has 0 unspecified atom stereocenters. The summed E-state index contributed by atoms with van der Waals surface area (Å²) in [5.74, 6) is -1.63. The number of para-hydroxylation sites is 1. The van der Waals surface area contributed by atoms with Gasteiger partial charge < -0.3 is 5.11 Å². The van der Waals surface area contributed by atoms with E-state index in [9.17, 15) is 25.0 Å². The summed E-state index contributed by atoms with van der Waals surface area (Å²) < 4.78 is 0.710. The zero-order valence-corrected chi connectivity index (χ0v) is 10.7. The Balaban J connectivity index is 2.74. The third-order valence-electron chi connectivity index (χ3n) is 2.49. The van der Waals surface area contributed by atoms with Crippen molar-refractivity contribution in [2.24, 2.45) is 0 Å². The highest BCUT2D eigenvalue weighted by molar-refractivity contribution is 6.32. The van der Waals surface area contributed by atoms with Crippen LogP contribution < -0.4 is 0 Å². The van der Waals surface area contributed by atoms with Crippen LogP contribution in [0.15, 0.2) is 24.4 Å². The molecule has 0 saturated carbocycles. The van der Waals surface area contributed by atoms with Crippen LogP contribution in [0.2, 0.25) is 5.02 Å². The van der Waals surface area contributed by atoms with Gasteiger partial charge in [0.25, 0.3) is 5.69 Å². The first kappa shape index (κ1) is 14.4. The Morgan fingerprint density at radius 2 is 1.86 bits per heavy atom. The average molecular weight is 313 g/mol. The van der Waals surface area contributed by atoms with Crippen molar-refractivity contribution >= 4 is 28.9 Å². The first-order valence-electron chi connectivity index (χ1n) is 5.23. The smallest absolute Gasteiger partial charge is 0.363 e. The maximum absolute atomic E-state index is 11.0. The van der Waals surface area contributed by atoms with Crippen LogP contribution in [0.4, 0.5) is 11.4 Å². The molecule has 0 radical (unpaired) electrons. The summed E-state index contributed by atoms with van der Waals surface area (Å²) in [6.45, 7) is 0. The topological polar surface area (TPSA) is 141 Å². The fourth-order valence-electron chi connectivity index (χ4n) is 1.64. The van der Waals surface area contributed by atoms with Gasteiger partial charge in [-0.05, 0) is 6.07 Å². The summed E-state index contributed by atoms with van der Waals surface area (Å²) in [7, 11) is 0. The molecule has 108 valence electrons. The quantitative estimate of drug-likeness (QED) is 0.672. The first-order chi connectivity index (χ1) is 9.82. The number of nitro groups is 2. The summed E-state index contributed by atoms with van der Waals surface area (Å²) >= 11 is 5.85. The molecule has 1 N–H and O–H groups in total. The fraction of sp³-hybridized carbons (Fsp3) is 0. The predicted octanol–water partition coefficient (Wildman–Crippen LogP) is 2.04. The Bertz CT molecular complexity index is 739. The molecule has 0 fully saturated rings. The van der Waals surface area contributed by atoms with Gasteiger partial charge in [-0.25, -0.2) is 9.48 Å². The molecule has 0 atom stereocenters. The summed E-state index contributed by atoms with van der Waals surface area (Å²) in [5, 5.41) is 34.0. The maximum atomic E-state index is 11.0. The molecule has 0 saturated heterocycles. The van der Waals surface area contributed by atoms with Crippen molar-refractivity contribution in [2.45, 2.75) is 0 Å². The number of aromatic carboxylic acids is 1. The minimum Gasteiger partial charge on any atom is -0.476 e. The van der Waals surface area contributed by atoms with Crippen molar-refractivity contribution in [1.29, 1.82) is 0 Å². The number of hydrogen-bond donors (Lipinski definition) is 1. The van der Waals surface area contributed by atoms with Crippen LogP contribution in [0, 0.1) is 20.2 Å². The fourth-order valence-corrected chi connectivity index (χ4v) is 1.90. The second kappa shape index (κ2) is 5.17. The van der Waals surface area contributed by atoms with Crippen molar-refractivity contribution < 1.29 is 19.7 Å². The van der Waals surface area contributed by atoms with Crippen LogP contribution in [0.5, 0.6) is 0 Å². The van der Waals surface area contributed by atoms with E-state index >= 15 is 0 Å². The molecule has 0 spiro atoms. The lowest BCUT2D eigenvalue weighted by Gasteiger charge is -2.04. The zero-order valence-electron chi connectivity index (χ0n) is 9.96. The number of benzene rings is 1. The number of halogens is 1. The molecule has 0 aliphatic heterocycles. The van der Waals surface area contributed by atoms with E-state index in [0.29, 0.717) is 4.68 Å². The van der Waals surface area contributed by atoms with Crippen molar-refractivity contribution in [3.05, 3.63) is 55.3 Å². The van der Waals surface area contributed by atoms with E-state index in [4.69, 9.17) is 16.7 Å². The van der Waals surface area contributed by atoms with Gasteiger partial charge in [-0.15, -0.1) is 0 Å². The molecule has 1 aromatic carbocycles. The van der Waals surface area contributed by atoms with E-state index in [1.54, 1.807) is 0 Å². The van der Waals surface area contributed by atoms with E-state index in [0.717, 1.165) is 12.3 Å². The number of carbonyl (C=O) groups is 1. The molecule has 0 amide bonds. The van der Waals surface area contributed by atoms with Crippen LogP contribution in [0.1, 0.15) is 10.5 Å². The third-order valence-corrected chi connectivity index (χ3v) is 2.79. The molecular weight excluding hydrogens is 308 g/mol. The molecule has 11 heteroatoms. The lowest BCUT2D eigenvalue weighted by molar-refractivity contribution is -0.385. The molecule has 2 aromatic rings. The van der Waals surface area contributed by atoms with Gasteiger partial charge in [-0.1, -0.05) is 17.7 Å². The van der Waals surface area contributed by atoms with E-state index in [2.05, 4.69) is 5.10 Å². The number of carboxylic acids is 1. The Kier molecular flexibility index (Phi) is 3.54.